The molecule has 0 unspecified atom stereocenters. The van der Waals surface area contributed by atoms with Crippen LogP contribution in [0.2, 0.25) is 0 Å². The molecule has 0 aliphatic carbocycles. The Hall–Kier alpha value is -1.62. The highest BCUT2D eigenvalue weighted by molar-refractivity contribution is 5.82. The average molecular weight is 265 g/mol. The predicted octanol–water partition coefficient (Wildman–Crippen LogP) is 1.66. The minimum Gasteiger partial charge on any atom is -0.394 e. The van der Waals surface area contributed by atoms with Gasteiger partial charge in [0.15, 0.2) is 0 Å². The van der Waals surface area contributed by atoms with Gasteiger partial charge in [-0.25, -0.2) is 4.39 Å². The van der Waals surface area contributed by atoms with E-state index in [1.54, 1.807) is 12.1 Å². The molecule has 19 heavy (non-hydrogen) atoms. The van der Waals surface area contributed by atoms with Crippen LogP contribution < -0.4 is 11.1 Å². The van der Waals surface area contributed by atoms with Gasteiger partial charge in [0.25, 0.3) is 0 Å². The van der Waals surface area contributed by atoms with Crippen molar-refractivity contribution in [2.24, 2.45) is 16.8 Å². The van der Waals surface area contributed by atoms with Crippen molar-refractivity contribution in [1.29, 1.82) is 0 Å². The lowest BCUT2D eigenvalue weighted by molar-refractivity contribution is 0.0938. The number of piperidine rings is 1. The van der Waals surface area contributed by atoms with E-state index in [0.717, 1.165) is 31.5 Å². The smallest absolute Gasteiger partial charge is 0.143 e. The molecule has 0 spiro atoms. The maximum Gasteiger partial charge on any atom is 0.143 e. The standard InChI is InChI=1S/C14H20FN3O/c15-13-3-1-11(2-4-13)9-14(16)18-19-10-12-5-7-17-8-6-12/h1-4,12,17H,5-10H2,(H2,16,18). The van der Waals surface area contributed by atoms with Crippen LogP contribution in [0.3, 0.4) is 0 Å². The lowest BCUT2D eigenvalue weighted by atomic mass is 10.00. The molecule has 1 aliphatic heterocycles. The number of nitrogens with two attached hydrogens (primary N) is 1. The fourth-order valence-electron chi connectivity index (χ4n) is 2.12. The van der Waals surface area contributed by atoms with Gasteiger partial charge in [-0.05, 0) is 49.5 Å². The summed E-state index contributed by atoms with van der Waals surface area (Å²) in [5.74, 6) is 0.727. The molecule has 3 N–H and O–H groups in total. The summed E-state index contributed by atoms with van der Waals surface area (Å²) in [6.07, 6.45) is 2.72. The zero-order chi connectivity index (χ0) is 13.5. The number of oxime groups is 1. The molecule has 104 valence electrons. The first kappa shape index (κ1) is 13.8. The maximum atomic E-state index is 12.7. The monoisotopic (exact) mass is 265 g/mol. The highest BCUT2D eigenvalue weighted by Crippen LogP contribution is 2.11. The van der Waals surface area contributed by atoms with Crippen LogP contribution in [0.4, 0.5) is 4.39 Å². The largest absolute Gasteiger partial charge is 0.394 e. The quantitative estimate of drug-likeness (QED) is 0.483. The molecule has 0 saturated carbocycles. The molecular weight excluding hydrogens is 245 g/mol. The second kappa shape index (κ2) is 7.09. The van der Waals surface area contributed by atoms with Crippen molar-refractivity contribution in [3.63, 3.8) is 0 Å². The van der Waals surface area contributed by atoms with Gasteiger partial charge in [0.1, 0.15) is 18.3 Å². The molecule has 1 aromatic rings. The van der Waals surface area contributed by atoms with Gasteiger partial charge in [-0.1, -0.05) is 17.3 Å². The minimum absolute atomic E-state index is 0.249. The van der Waals surface area contributed by atoms with Crippen LogP contribution in [0.5, 0.6) is 0 Å². The number of amidine groups is 1. The van der Waals surface area contributed by atoms with Gasteiger partial charge in [-0.2, -0.15) is 0 Å². The fraction of sp³-hybridized carbons (Fsp3) is 0.500. The summed E-state index contributed by atoms with van der Waals surface area (Å²) in [7, 11) is 0. The molecule has 1 saturated heterocycles. The van der Waals surface area contributed by atoms with Crippen molar-refractivity contribution in [1.82, 2.24) is 5.32 Å². The second-order valence-corrected chi connectivity index (χ2v) is 4.88. The van der Waals surface area contributed by atoms with E-state index in [1.165, 1.54) is 12.1 Å². The summed E-state index contributed by atoms with van der Waals surface area (Å²) in [4.78, 5) is 5.29. The highest BCUT2D eigenvalue weighted by atomic mass is 19.1. The van der Waals surface area contributed by atoms with E-state index < -0.39 is 0 Å². The number of hydrogen-bond donors (Lipinski definition) is 2. The first-order chi connectivity index (χ1) is 9.24. The van der Waals surface area contributed by atoms with E-state index in [-0.39, 0.29) is 5.82 Å². The molecule has 1 fully saturated rings. The fourth-order valence-corrected chi connectivity index (χ4v) is 2.12. The summed E-state index contributed by atoms with van der Waals surface area (Å²) in [6, 6.07) is 6.23. The van der Waals surface area contributed by atoms with Gasteiger partial charge in [0, 0.05) is 6.42 Å². The van der Waals surface area contributed by atoms with Crippen molar-refractivity contribution in [2.75, 3.05) is 19.7 Å². The van der Waals surface area contributed by atoms with Crippen LogP contribution >= 0.6 is 0 Å². The lowest BCUT2D eigenvalue weighted by Gasteiger charge is -2.21. The van der Waals surface area contributed by atoms with E-state index in [0.29, 0.717) is 24.8 Å². The van der Waals surface area contributed by atoms with E-state index >= 15 is 0 Å². The topological polar surface area (TPSA) is 59.6 Å². The minimum atomic E-state index is -0.249. The Balaban J connectivity index is 1.74. The summed E-state index contributed by atoms with van der Waals surface area (Å²) in [5.41, 5.74) is 6.70. The molecular formula is C14H20FN3O. The molecule has 2 rings (SSSR count). The molecule has 0 radical (unpaired) electrons. The Morgan fingerprint density at radius 2 is 2.00 bits per heavy atom. The lowest BCUT2D eigenvalue weighted by Crippen LogP contribution is -2.29. The molecule has 5 heteroatoms. The summed E-state index contributed by atoms with van der Waals surface area (Å²) < 4.78 is 12.7. The van der Waals surface area contributed by atoms with Crippen LogP contribution in [0.1, 0.15) is 18.4 Å². The molecule has 0 atom stereocenters. The van der Waals surface area contributed by atoms with Crippen LogP contribution in [-0.2, 0) is 11.3 Å². The molecule has 1 heterocycles. The van der Waals surface area contributed by atoms with E-state index in [4.69, 9.17) is 10.6 Å². The third-order valence-corrected chi connectivity index (χ3v) is 3.25. The Morgan fingerprint density at radius 1 is 1.32 bits per heavy atom. The number of nitrogens with zero attached hydrogens (tertiary/aromatic N) is 1. The van der Waals surface area contributed by atoms with Crippen molar-refractivity contribution in [3.05, 3.63) is 35.6 Å². The Kier molecular flexibility index (Phi) is 5.15. The zero-order valence-corrected chi connectivity index (χ0v) is 10.9. The number of rotatable bonds is 5. The maximum absolute atomic E-state index is 12.7. The Morgan fingerprint density at radius 3 is 2.68 bits per heavy atom. The normalized spacial score (nSPS) is 17.4. The average Bonchev–Trinajstić information content (AvgIpc) is 2.43. The van der Waals surface area contributed by atoms with Gasteiger partial charge in [0.05, 0.1) is 0 Å². The van der Waals surface area contributed by atoms with E-state index in [2.05, 4.69) is 10.5 Å². The van der Waals surface area contributed by atoms with E-state index in [9.17, 15) is 4.39 Å². The van der Waals surface area contributed by atoms with Gasteiger partial charge in [0.2, 0.25) is 0 Å². The Bertz CT molecular complexity index is 413. The number of hydrogen-bond acceptors (Lipinski definition) is 3. The Labute approximate surface area is 112 Å². The first-order valence-electron chi connectivity index (χ1n) is 6.63. The molecule has 1 aromatic carbocycles. The van der Waals surface area contributed by atoms with Gasteiger partial charge < -0.3 is 15.9 Å². The van der Waals surface area contributed by atoms with E-state index in [1.807, 2.05) is 0 Å². The van der Waals surface area contributed by atoms with Crippen molar-refractivity contribution in [2.45, 2.75) is 19.3 Å². The van der Waals surface area contributed by atoms with Crippen LogP contribution in [0, 0.1) is 11.7 Å². The van der Waals surface area contributed by atoms with Crippen LogP contribution in [-0.4, -0.2) is 25.5 Å². The molecule has 0 aromatic heterocycles. The van der Waals surface area contributed by atoms with Crippen molar-refractivity contribution < 1.29 is 9.23 Å². The number of benzene rings is 1. The highest BCUT2D eigenvalue weighted by Gasteiger charge is 2.13. The third kappa shape index (κ3) is 4.87. The van der Waals surface area contributed by atoms with Crippen LogP contribution in [0.15, 0.2) is 29.4 Å². The van der Waals surface area contributed by atoms with Crippen molar-refractivity contribution >= 4 is 5.84 Å². The summed E-state index contributed by atoms with van der Waals surface area (Å²) in [5, 5.41) is 7.22. The third-order valence-electron chi connectivity index (χ3n) is 3.25. The first-order valence-corrected chi connectivity index (χ1v) is 6.63. The van der Waals surface area contributed by atoms with Gasteiger partial charge >= 0.3 is 0 Å². The molecule has 4 nitrogen and oxygen atoms in total. The number of nitrogens with one attached hydrogen (secondary N) is 1. The zero-order valence-electron chi connectivity index (χ0n) is 10.9. The molecule has 0 amide bonds. The van der Waals surface area contributed by atoms with Gasteiger partial charge in [-0.15, -0.1) is 0 Å². The van der Waals surface area contributed by atoms with Crippen molar-refractivity contribution in [3.8, 4) is 0 Å². The van der Waals surface area contributed by atoms with Gasteiger partial charge in [-0.3, -0.25) is 0 Å². The van der Waals surface area contributed by atoms with Crippen LogP contribution in [0.25, 0.3) is 0 Å². The second-order valence-electron chi connectivity index (χ2n) is 4.88. The predicted molar refractivity (Wildman–Crippen MR) is 73.3 cm³/mol. The molecule has 0 bridgehead atoms. The summed E-state index contributed by atoms with van der Waals surface area (Å²) in [6.45, 7) is 2.71. The SMILES string of the molecule is N/C(Cc1ccc(F)cc1)=N\OCC1CCNCC1. The number of halogens is 1. The summed E-state index contributed by atoms with van der Waals surface area (Å²) >= 11 is 0. The molecule has 1 aliphatic rings.